The zero-order valence-electron chi connectivity index (χ0n) is 13.8. The molecule has 1 aliphatic carbocycles. The highest BCUT2D eigenvalue weighted by Gasteiger charge is 2.54. The third-order valence-electron chi connectivity index (χ3n) is 6.20. The predicted molar refractivity (Wildman–Crippen MR) is 87.3 cm³/mol. The van der Waals surface area contributed by atoms with Gasteiger partial charge in [-0.3, -0.25) is 0 Å². The molecule has 3 nitrogen and oxygen atoms in total. The number of methoxy groups -OCH3 is 2. The summed E-state index contributed by atoms with van der Waals surface area (Å²) in [6, 6.07) is 5.09. The summed E-state index contributed by atoms with van der Waals surface area (Å²) in [7, 11) is 5.93. The molecule has 1 aromatic rings. The lowest BCUT2D eigenvalue weighted by Gasteiger charge is -2.42. The maximum absolute atomic E-state index is 5.57. The van der Waals surface area contributed by atoms with Crippen molar-refractivity contribution in [3.63, 3.8) is 0 Å². The van der Waals surface area contributed by atoms with Gasteiger partial charge in [0.05, 0.1) is 34.4 Å². The van der Waals surface area contributed by atoms with Gasteiger partial charge in [-0.05, 0) is 30.5 Å². The second-order valence-corrected chi connectivity index (χ2v) is 7.35. The molecule has 0 aromatic heterocycles. The average molecular weight is 300 g/mol. The number of ether oxygens (including phenoxy) is 2. The number of fused-ring (bicyclic) bond motifs is 5. The Labute approximate surface area is 133 Å². The first-order valence-corrected chi connectivity index (χ1v) is 8.40. The fourth-order valence-electron chi connectivity index (χ4n) is 5.20. The van der Waals surface area contributed by atoms with E-state index in [-0.39, 0.29) is 0 Å². The quantitative estimate of drug-likeness (QED) is 0.616. The molecule has 1 saturated heterocycles. The molecule has 0 N–H and O–H groups in total. The lowest BCUT2D eigenvalue weighted by atomic mass is 9.77. The first-order valence-electron chi connectivity index (χ1n) is 8.40. The summed E-state index contributed by atoms with van der Waals surface area (Å²) in [5.74, 6) is 3.38. The first-order chi connectivity index (χ1) is 10.7. The Kier molecular flexibility index (Phi) is 3.23. The predicted octanol–water partition coefficient (Wildman–Crippen LogP) is 3.34. The Morgan fingerprint density at radius 2 is 1.77 bits per heavy atom. The number of rotatable bonds is 2. The fourth-order valence-corrected chi connectivity index (χ4v) is 5.20. The minimum atomic E-state index is 0.624. The molecule has 0 saturated carbocycles. The Hall–Kier alpha value is -1.48. The third-order valence-corrected chi connectivity index (χ3v) is 6.20. The second kappa shape index (κ2) is 5.02. The Bertz CT molecular complexity index is 624. The summed E-state index contributed by atoms with van der Waals surface area (Å²) in [4.78, 5) is 0. The topological polar surface area (TPSA) is 18.5 Å². The second-order valence-electron chi connectivity index (χ2n) is 7.35. The van der Waals surface area contributed by atoms with Crippen LogP contribution in [0.1, 0.15) is 30.0 Å². The van der Waals surface area contributed by atoms with Gasteiger partial charge in [-0.15, -0.1) is 0 Å². The Morgan fingerprint density at radius 1 is 1.05 bits per heavy atom. The van der Waals surface area contributed by atoms with Crippen molar-refractivity contribution in [2.24, 2.45) is 11.8 Å². The SMILES string of the molecule is COc1cc2c(cc1OC)[C@H]1[C@@H]3CC=CC[C@@H]3C[N+]1(C)CC2. The van der Waals surface area contributed by atoms with Crippen molar-refractivity contribution in [2.75, 3.05) is 34.4 Å². The summed E-state index contributed by atoms with van der Waals surface area (Å²) in [5, 5.41) is 0. The van der Waals surface area contributed by atoms with Gasteiger partial charge in [0.2, 0.25) is 0 Å². The first kappa shape index (κ1) is 14.1. The van der Waals surface area contributed by atoms with Crippen molar-refractivity contribution < 1.29 is 14.0 Å². The number of hydrogen-bond donors (Lipinski definition) is 0. The van der Waals surface area contributed by atoms with Crippen molar-refractivity contribution in [1.29, 1.82) is 0 Å². The van der Waals surface area contributed by atoms with Crippen LogP contribution < -0.4 is 9.47 Å². The molecule has 3 heteroatoms. The standard InChI is InChI=1S/C19H26NO2/c1-20-9-8-13-10-17(21-2)18(22-3)11-16(13)19(20)15-7-5-4-6-14(15)12-20/h4-5,10-11,14-15,19H,6-9,12H2,1-3H3/q+1/t14-,15-,19-,20?/m1/s1. The van der Waals surface area contributed by atoms with Gasteiger partial charge in [-0.25, -0.2) is 0 Å². The van der Waals surface area contributed by atoms with E-state index in [1.54, 1.807) is 14.2 Å². The molecule has 1 aromatic carbocycles. The maximum Gasteiger partial charge on any atom is 0.161 e. The third kappa shape index (κ3) is 1.91. The molecule has 22 heavy (non-hydrogen) atoms. The minimum absolute atomic E-state index is 0.624. The average Bonchev–Trinajstić information content (AvgIpc) is 2.85. The molecule has 4 atom stereocenters. The normalized spacial score (nSPS) is 35.5. The van der Waals surface area contributed by atoms with Crippen LogP contribution in [-0.2, 0) is 6.42 Å². The summed E-state index contributed by atoms with van der Waals surface area (Å²) in [6.45, 7) is 2.58. The van der Waals surface area contributed by atoms with Crippen LogP contribution in [0.2, 0.25) is 0 Å². The van der Waals surface area contributed by atoms with E-state index in [9.17, 15) is 0 Å². The van der Waals surface area contributed by atoms with Crippen LogP contribution in [0.15, 0.2) is 24.3 Å². The molecule has 0 spiro atoms. The van der Waals surface area contributed by atoms with Gasteiger partial charge in [0, 0.05) is 23.8 Å². The van der Waals surface area contributed by atoms with Gasteiger partial charge in [0.25, 0.3) is 0 Å². The Morgan fingerprint density at radius 3 is 2.55 bits per heavy atom. The number of quaternary nitrogens is 1. The molecule has 118 valence electrons. The van der Waals surface area contributed by atoms with E-state index < -0.39 is 0 Å². The molecule has 0 bridgehead atoms. The molecule has 3 aliphatic rings. The van der Waals surface area contributed by atoms with Gasteiger partial charge < -0.3 is 14.0 Å². The van der Waals surface area contributed by atoms with E-state index in [0.29, 0.717) is 6.04 Å². The molecular weight excluding hydrogens is 274 g/mol. The molecular formula is C19H26NO2+. The van der Waals surface area contributed by atoms with E-state index in [1.165, 1.54) is 41.5 Å². The van der Waals surface area contributed by atoms with Crippen molar-refractivity contribution in [3.8, 4) is 11.5 Å². The van der Waals surface area contributed by atoms with Gasteiger partial charge in [0.15, 0.2) is 11.5 Å². The lowest BCUT2D eigenvalue weighted by molar-refractivity contribution is -0.931. The van der Waals surface area contributed by atoms with E-state index in [2.05, 4.69) is 31.3 Å². The molecule has 0 radical (unpaired) electrons. The molecule has 1 fully saturated rings. The van der Waals surface area contributed by atoms with Crippen LogP contribution in [-0.4, -0.2) is 38.8 Å². The summed E-state index contributed by atoms with van der Waals surface area (Å²) in [5.41, 5.74) is 2.97. The van der Waals surface area contributed by atoms with Crippen molar-refractivity contribution in [2.45, 2.75) is 25.3 Å². The lowest BCUT2D eigenvalue weighted by Crippen LogP contribution is -2.48. The fraction of sp³-hybridized carbons (Fsp3) is 0.579. The Balaban J connectivity index is 1.82. The van der Waals surface area contributed by atoms with Crippen LogP contribution in [0.25, 0.3) is 0 Å². The van der Waals surface area contributed by atoms with Gasteiger partial charge in [-0.1, -0.05) is 12.2 Å². The monoisotopic (exact) mass is 300 g/mol. The van der Waals surface area contributed by atoms with E-state index in [0.717, 1.165) is 29.8 Å². The highest BCUT2D eigenvalue weighted by molar-refractivity contribution is 5.49. The number of benzene rings is 1. The number of hydrogen-bond acceptors (Lipinski definition) is 2. The van der Waals surface area contributed by atoms with Crippen LogP contribution in [0.3, 0.4) is 0 Å². The molecule has 2 aliphatic heterocycles. The van der Waals surface area contributed by atoms with Crippen molar-refractivity contribution in [3.05, 3.63) is 35.4 Å². The van der Waals surface area contributed by atoms with E-state index in [4.69, 9.17) is 9.47 Å². The molecule has 1 unspecified atom stereocenters. The van der Waals surface area contributed by atoms with Gasteiger partial charge in [-0.2, -0.15) is 0 Å². The zero-order valence-corrected chi connectivity index (χ0v) is 13.8. The summed E-state index contributed by atoms with van der Waals surface area (Å²) < 4.78 is 12.3. The number of nitrogens with zero attached hydrogens (tertiary/aromatic N) is 1. The van der Waals surface area contributed by atoms with E-state index in [1.807, 2.05) is 0 Å². The molecule has 4 rings (SSSR count). The van der Waals surface area contributed by atoms with Gasteiger partial charge >= 0.3 is 0 Å². The number of allylic oxidation sites excluding steroid dienone is 2. The summed E-state index contributed by atoms with van der Waals surface area (Å²) in [6.07, 6.45) is 8.43. The van der Waals surface area contributed by atoms with E-state index >= 15 is 0 Å². The van der Waals surface area contributed by atoms with Crippen LogP contribution >= 0.6 is 0 Å². The maximum atomic E-state index is 5.57. The van der Waals surface area contributed by atoms with Gasteiger partial charge in [0.1, 0.15) is 6.04 Å². The largest absolute Gasteiger partial charge is 0.493 e. The van der Waals surface area contributed by atoms with Crippen LogP contribution in [0, 0.1) is 11.8 Å². The highest BCUT2D eigenvalue weighted by atomic mass is 16.5. The smallest absolute Gasteiger partial charge is 0.161 e. The van der Waals surface area contributed by atoms with Crippen LogP contribution in [0.4, 0.5) is 0 Å². The zero-order chi connectivity index (χ0) is 15.3. The van der Waals surface area contributed by atoms with Crippen molar-refractivity contribution in [1.82, 2.24) is 0 Å². The summed E-state index contributed by atoms with van der Waals surface area (Å²) >= 11 is 0. The molecule has 2 heterocycles. The minimum Gasteiger partial charge on any atom is -0.493 e. The number of likely N-dealkylation sites (N-methyl/N-ethyl adjacent to an activating group) is 1. The highest BCUT2D eigenvalue weighted by Crippen LogP contribution is 2.53. The van der Waals surface area contributed by atoms with Crippen LogP contribution in [0.5, 0.6) is 11.5 Å². The van der Waals surface area contributed by atoms with Crippen molar-refractivity contribution >= 4 is 0 Å². The molecule has 0 amide bonds.